The van der Waals surface area contributed by atoms with Gasteiger partial charge in [0.25, 0.3) is 0 Å². The van der Waals surface area contributed by atoms with E-state index in [0.717, 1.165) is 43.6 Å². The van der Waals surface area contributed by atoms with E-state index in [1.807, 2.05) is 0 Å². The quantitative estimate of drug-likeness (QED) is 0.0943. The van der Waals surface area contributed by atoms with Gasteiger partial charge in [0.1, 0.15) is 0 Å². The van der Waals surface area contributed by atoms with Crippen molar-refractivity contribution in [1.29, 1.82) is 0 Å². The molecule has 0 atom stereocenters. The van der Waals surface area contributed by atoms with E-state index in [2.05, 4.69) is 249 Å². The van der Waals surface area contributed by atoms with Gasteiger partial charge in [-0.05, 0) is 67.6 Å². The van der Waals surface area contributed by atoms with Crippen molar-refractivity contribution in [1.82, 2.24) is 9.97 Å². The third-order valence-electron chi connectivity index (χ3n) is 14.2. The molecule has 12 aromatic carbocycles. The van der Waals surface area contributed by atoms with Crippen LogP contribution >= 0.6 is 21.4 Å². The lowest BCUT2D eigenvalue weighted by Crippen LogP contribution is -2.20. The van der Waals surface area contributed by atoms with Gasteiger partial charge in [-0.25, -0.2) is 9.97 Å². The molecular weight excluding hydrogens is 884 g/mol. The van der Waals surface area contributed by atoms with Gasteiger partial charge in [0, 0.05) is 54.2 Å². The SMILES string of the molecule is S.c1ccc(-c2ccc(P(c3ccc(-c4c5ccc6ccccc6c5nc5c4ccc4ccccc45)cc3)c3ccc(-c4c5ccc6ccccc6c5nc5c4ccc4ccccc45)cc3)cc2)cc1. The van der Waals surface area contributed by atoms with Gasteiger partial charge in [-0.2, -0.15) is 13.5 Å². The summed E-state index contributed by atoms with van der Waals surface area (Å²) < 4.78 is 0. The first kappa shape index (κ1) is 41.9. The Kier molecular flexibility index (Phi) is 10.2. The van der Waals surface area contributed by atoms with Crippen LogP contribution in [0.4, 0.5) is 0 Å². The van der Waals surface area contributed by atoms with Crippen molar-refractivity contribution < 1.29 is 0 Å². The fraction of sp³-hybridized carbons (Fsp3) is 0. The number of pyridine rings is 2. The third kappa shape index (κ3) is 6.84. The Bertz CT molecular complexity index is 3910. The highest BCUT2D eigenvalue weighted by Crippen LogP contribution is 2.43. The second kappa shape index (κ2) is 17.1. The molecule has 0 N–H and O–H groups in total. The van der Waals surface area contributed by atoms with Crippen molar-refractivity contribution in [3.05, 3.63) is 249 Å². The maximum Gasteiger partial charge on any atom is 0.0794 e. The molecule has 2 nitrogen and oxygen atoms in total. The van der Waals surface area contributed by atoms with Gasteiger partial charge in [-0.15, -0.1) is 0 Å². The van der Waals surface area contributed by atoms with Gasteiger partial charge in [0.15, 0.2) is 0 Å². The Labute approximate surface area is 413 Å². The Morgan fingerprint density at radius 1 is 0.214 bits per heavy atom. The van der Waals surface area contributed by atoms with E-state index in [1.54, 1.807) is 0 Å². The standard InChI is InChI=1S/C66H41N2P.H2S/c1-2-12-42(13-3-1)43-22-32-50(33-23-43)69(51-34-24-48(25-35-51)61-57-38-28-44-14-4-8-18-53(44)63(57)67-64-54-19-9-5-15-45(54)29-39-58(61)64)52-36-26-49(27-37-52)62-59-40-30-46-16-6-10-20-55(46)65(59)68-66-56-21-11-7-17-47(56)31-41-60(62)66;/h1-41H;1H2. The lowest BCUT2D eigenvalue weighted by atomic mass is 9.92. The summed E-state index contributed by atoms with van der Waals surface area (Å²) in [7, 11) is -0.947. The fourth-order valence-electron chi connectivity index (χ4n) is 10.9. The topological polar surface area (TPSA) is 25.8 Å². The first-order valence-electron chi connectivity index (χ1n) is 23.6. The molecule has 0 aliphatic carbocycles. The fourth-order valence-corrected chi connectivity index (χ4v) is 13.1. The van der Waals surface area contributed by atoms with Crippen molar-refractivity contribution in [2.45, 2.75) is 0 Å². The molecule has 14 aromatic rings. The van der Waals surface area contributed by atoms with Crippen LogP contribution in [-0.4, -0.2) is 9.97 Å². The number of hydrogen-bond donors (Lipinski definition) is 0. The van der Waals surface area contributed by atoms with E-state index in [4.69, 9.17) is 9.97 Å². The van der Waals surface area contributed by atoms with E-state index in [9.17, 15) is 0 Å². The second-order valence-corrected chi connectivity index (χ2v) is 20.3. The van der Waals surface area contributed by atoms with Crippen LogP contribution in [0, 0.1) is 0 Å². The molecule has 0 spiro atoms. The second-order valence-electron chi connectivity index (χ2n) is 18.0. The zero-order valence-corrected chi connectivity index (χ0v) is 39.9. The van der Waals surface area contributed by atoms with E-state index in [1.165, 1.54) is 92.4 Å². The zero-order valence-electron chi connectivity index (χ0n) is 38.0. The van der Waals surface area contributed by atoms with Crippen LogP contribution in [-0.2, 0) is 0 Å². The maximum atomic E-state index is 5.46. The predicted octanol–water partition coefficient (Wildman–Crippen LogP) is 16.6. The monoisotopic (exact) mass is 926 g/mol. The van der Waals surface area contributed by atoms with Crippen LogP contribution in [0.5, 0.6) is 0 Å². The Morgan fingerprint density at radius 3 is 0.814 bits per heavy atom. The van der Waals surface area contributed by atoms with E-state index >= 15 is 0 Å². The average Bonchev–Trinajstić information content (AvgIpc) is 3.42. The lowest BCUT2D eigenvalue weighted by molar-refractivity contribution is 1.53. The van der Waals surface area contributed by atoms with Crippen LogP contribution < -0.4 is 15.9 Å². The van der Waals surface area contributed by atoms with E-state index in [-0.39, 0.29) is 13.5 Å². The smallest absolute Gasteiger partial charge is 0.0794 e. The Hall–Kier alpha value is -8.20. The summed E-state index contributed by atoms with van der Waals surface area (Å²) in [5.74, 6) is 0. The van der Waals surface area contributed by atoms with Crippen LogP contribution in [0.1, 0.15) is 0 Å². The maximum absolute atomic E-state index is 5.46. The molecule has 2 aromatic heterocycles. The Balaban J connectivity index is 0.00000480. The first-order valence-corrected chi connectivity index (χ1v) is 25.0. The van der Waals surface area contributed by atoms with Gasteiger partial charge >= 0.3 is 0 Å². The minimum absolute atomic E-state index is 0. The Morgan fingerprint density at radius 2 is 0.486 bits per heavy atom. The molecular formula is C66H43N2PS. The molecule has 0 amide bonds. The molecule has 0 aliphatic heterocycles. The molecule has 0 radical (unpaired) electrons. The summed E-state index contributed by atoms with van der Waals surface area (Å²) in [6.07, 6.45) is 0. The van der Waals surface area contributed by atoms with Crippen LogP contribution in [0.2, 0.25) is 0 Å². The van der Waals surface area contributed by atoms with Gasteiger partial charge in [-0.1, -0.05) is 249 Å². The van der Waals surface area contributed by atoms with Gasteiger partial charge in [0.05, 0.1) is 22.1 Å². The lowest BCUT2D eigenvalue weighted by Gasteiger charge is -2.21. The highest BCUT2D eigenvalue weighted by Gasteiger charge is 2.21. The molecule has 328 valence electrons. The molecule has 0 unspecified atom stereocenters. The van der Waals surface area contributed by atoms with E-state index in [0.29, 0.717) is 0 Å². The summed E-state index contributed by atoms with van der Waals surface area (Å²) in [5.41, 5.74) is 11.4. The molecule has 14 rings (SSSR count). The highest BCUT2D eigenvalue weighted by molar-refractivity contribution is 7.79. The molecule has 0 fully saturated rings. The summed E-state index contributed by atoms with van der Waals surface area (Å²) >= 11 is 0. The molecule has 2 heterocycles. The number of fused-ring (bicyclic) bond motifs is 12. The minimum atomic E-state index is -0.947. The summed E-state index contributed by atoms with van der Waals surface area (Å²) in [6.45, 7) is 0. The summed E-state index contributed by atoms with van der Waals surface area (Å²) in [4.78, 5) is 10.9. The summed E-state index contributed by atoms with van der Waals surface area (Å²) in [6, 6.07) is 91.4. The van der Waals surface area contributed by atoms with Crippen LogP contribution in [0.15, 0.2) is 249 Å². The minimum Gasteiger partial charge on any atom is -0.246 e. The number of benzene rings is 12. The predicted molar refractivity (Wildman–Crippen MR) is 307 cm³/mol. The first-order chi connectivity index (χ1) is 34.2. The summed E-state index contributed by atoms with van der Waals surface area (Å²) in [5, 5.41) is 18.0. The van der Waals surface area contributed by atoms with Crippen molar-refractivity contribution in [3.63, 3.8) is 0 Å². The zero-order chi connectivity index (χ0) is 45.4. The number of hydrogen-bond acceptors (Lipinski definition) is 2. The normalized spacial score (nSPS) is 11.7. The van der Waals surface area contributed by atoms with E-state index < -0.39 is 7.92 Å². The van der Waals surface area contributed by atoms with Crippen LogP contribution in [0.3, 0.4) is 0 Å². The molecule has 0 saturated heterocycles. The molecule has 70 heavy (non-hydrogen) atoms. The van der Waals surface area contributed by atoms with Crippen LogP contribution in [0.25, 0.3) is 120 Å². The molecule has 0 bridgehead atoms. The number of aromatic nitrogens is 2. The number of rotatable bonds is 6. The largest absolute Gasteiger partial charge is 0.246 e. The van der Waals surface area contributed by atoms with Gasteiger partial charge < -0.3 is 0 Å². The van der Waals surface area contributed by atoms with Crippen molar-refractivity contribution in [2.75, 3.05) is 0 Å². The number of nitrogens with zero attached hydrogens (tertiary/aromatic N) is 2. The average molecular weight is 927 g/mol. The molecule has 0 aliphatic rings. The highest BCUT2D eigenvalue weighted by atomic mass is 32.1. The van der Waals surface area contributed by atoms with Crippen molar-refractivity contribution >= 4 is 124 Å². The van der Waals surface area contributed by atoms with Gasteiger partial charge in [0.2, 0.25) is 0 Å². The van der Waals surface area contributed by atoms with Crippen molar-refractivity contribution in [3.8, 4) is 33.4 Å². The molecule has 0 saturated carbocycles. The van der Waals surface area contributed by atoms with Crippen molar-refractivity contribution in [2.24, 2.45) is 0 Å². The van der Waals surface area contributed by atoms with Gasteiger partial charge in [-0.3, -0.25) is 0 Å². The molecule has 4 heteroatoms. The third-order valence-corrected chi connectivity index (χ3v) is 16.6.